The summed E-state index contributed by atoms with van der Waals surface area (Å²) in [4.78, 5) is 9.32. The SMILES string of the molecule is CN1CCN(c2ccc(CNC(C)(C)C)cn2)CC1. The maximum atomic E-state index is 4.60. The van der Waals surface area contributed by atoms with Gasteiger partial charge in [-0.05, 0) is 39.4 Å². The van der Waals surface area contributed by atoms with E-state index in [4.69, 9.17) is 0 Å². The number of hydrogen-bond donors (Lipinski definition) is 1. The molecule has 0 saturated carbocycles. The van der Waals surface area contributed by atoms with Gasteiger partial charge >= 0.3 is 0 Å². The number of pyridine rings is 1. The lowest BCUT2D eigenvalue weighted by molar-refractivity contribution is 0.312. The molecule has 4 nitrogen and oxygen atoms in total. The maximum Gasteiger partial charge on any atom is 0.128 e. The van der Waals surface area contributed by atoms with E-state index in [9.17, 15) is 0 Å². The van der Waals surface area contributed by atoms with E-state index in [1.807, 2.05) is 6.20 Å². The van der Waals surface area contributed by atoms with E-state index in [0.29, 0.717) is 0 Å². The highest BCUT2D eigenvalue weighted by Gasteiger charge is 2.15. The molecule has 2 heterocycles. The molecule has 0 atom stereocenters. The van der Waals surface area contributed by atoms with Crippen LogP contribution in [0.3, 0.4) is 0 Å². The minimum atomic E-state index is 0.149. The van der Waals surface area contributed by atoms with Crippen LogP contribution in [-0.2, 0) is 6.54 Å². The summed E-state index contributed by atoms with van der Waals surface area (Å²) in [7, 11) is 2.17. The van der Waals surface area contributed by atoms with Gasteiger partial charge in [0, 0.05) is 44.5 Å². The van der Waals surface area contributed by atoms with Crippen molar-refractivity contribution in [3.05, 3.63) is 23.9 Å². The van der Waals surface area contributed by atoms with E-state index >= 15 is 0 Å². The minimum Gasteiger partial charge on any atom is -0.354 e. The normalized spacial score (nSPS) is 17.8. The summed E-state index contributed by atoms with van der Waals surface area (Å²) in [5.41, 5.74) is 1.39. The van der Waals surface area contributed by atoms with E-state index in [1.54, 1.807) is 0 Å². The number of piperazine rings is 1. The van der Waals surface area contributed by atoms with Crippen molar-refractivity contribution < 1.29 is 0 Å². The molecule has 1 aliphatic heterocycles. The first kappa shape index (κ1) is 14.3. The Morgan fingerprint density at radius 2 is 1.84 bits per heavy atom. The highest BCUT2D eigenvalue weighted by Crippen LogP contribution is 2.14. The molecule has 1 saturated heterocycles. The summed E-state index contributed by atoms with van der Waals surface area (Å²) in [5, 5.41) is 3.48. The van der Waals surface area contributed by atoms with Crippen molar-refractivity contribution in [1.82, 2.24) is 15.2 Å². The van der Waals surface area contributed by atoms with Gasteiger partial charge < -0.3 is 15.1 Å². The summed E-state index contributed by atoms with van der Waals surface area (Å²) in [6.07, 6.45) is 1.99. The standard InChI is InChI=1S/C15H26N4/c1-15(2,3)17-12-13-5-6-14(16-11-13)19-9-7-18(4)8-10-19/h5-6,11,17H,7-10,12H2,1-4H3. The van der Waals surface area contributed by atoms with Crippen LogP contribution in [0.5, 0.6) is 0 Å². The summed E-state index contributed by atoms with van der Waals surface area (Å²) < 4.78 is 0. The molecule has 0 amide bonds. The molecule has 1 fully saturated rings. The van der Waals surface area contributed by atoms with Crippen molar-refractivity contribution in [2.45, 2.75) is 32.9 Å². The van der Waals surface area contributed by atoms with Gasteiger partial charge in [0.05, 0.1) is 0 Å². The second kappa shape index (κ2) is 5.88. The van der Waals surface area contributed by atoms with Crippen molar-refractivity contribution in [2.24, 2.45) is 0 Å². The van der Waals surface area contributed by atoms with Crippen LogP contribution in [0.15, 0.2) is 18.3 Å². The first-order valence-corrected chi connectivity index (χ1v) is 7.07. The topological polar surface area (TPSA) is 31.4 Å². The van der Waals surface area contributed by atoms with E-state index in [2.05, 4.69) is 60.1 Å². The fourth-order valence-electron chi connectivity index (χ4n) is 2.11. The Labute approximate surface area is 116 Å². The molecule has 1 aliphatic rings. The zero-order chi connectivity index (χ0) is 13.9. The Morgan fingerprint density at radius 1 is 1.16 bits per heavy atom. The lowest BCUT2D eigenvalue weighted by Gasteiger charge is -2.33. The smallest absolute Gasteiger partial charge is 0.128 e. The third-order valence-electron chi connectivity index (χ3n) is 3.46. The Hall–Kier alpha value is -1.13. The summed E-state index contributed by atoms with van der Waals surface area (Å²) in [5.74, 6) is 1.10. The van der Waals surface area contributed by atoms with Crippen LogP contribution < -0.4 is 10.2 Å². The van der Waals surface area contributed by atoms with Crippen LogP contribution in [0.1, 0.15) is 26.3 Å². The number of likely N-dealkylation sites (N-methyl/N-ethyl adjacent to an activating group) is 1. The largest absolute Gasteiger partial charge is 0.354 e. The van der Waals surface area contributed by atoms with Crippen molar-refractivity contribution in [3.8, 4) is 0 Å². The van der Waals surface area contributed by atoms with E-state index in [0.717, 1.165) is 38.5 Å². The molecule has 4 heteroatoms. The zero-order valence-corrected chi connectivity index (χ0v) is 12.6. The van der Waals surface area contributed by atoms with Crippen molar-refractivity contribution in [2.75, 3.05) is 38.1 Å². The van der Waals surface area contributed by atoms with Crippen LogP contribution >= 0.6 is 0 Å². The highest BCUT2D eigenvalue weighted by atomic mass is 15.3. The number of nitrogens with zero attached hydrogens (tertiary/aromatic N) is 3. The molecule has 19 heavy (non-hydrogen) atoms. The molecule has 106 valence electrons. The van der Waals surface area contributed by atoms with Gasteiger partial charge in [0.1, 0.15) is 5.82 Å². The van der Waals surface area contributed by atoms with Gasteiger partial charge in [0.25, 0.3) is 0 Å². The van der Waals surface area contributed by atoms with Crippen molar-refractivity contribution in [3.63, 3.8) is 0 Å². The molecule has 0 aromatic carbocycles. The molecule has 0 radical (unpaired) electrons. The molecule has 1 aromatic rings. The van der Waals surface area contributed by atoms with Gasteiger partial charge in [0.15, 0.2) is 0 Å². The van der Waals surface area contributed by atoms with Crippen LogP contribution in [-0.4, -0.2) is 48.6 Å². The molecule has 0 spiro atoms. The van der Waals surface area contributed by atoms with E-state index < -0.39 is 0 Å². The summed E-state index contributed by atoms with van der Waals surface area (Å²) in [6, 6.07) is 4.32. The molecule has 2 rings (SSSR count). The van der Waals surface area contributed by atoms with Crippen LogP contribution in [0, 0.1) is 0 Å². The highest BCUT2D eigenvalue weighted by molar-refractivity contribution is 5.39. The first-order chi connectivity index (χ1) is 8.94. The zero-order valence-electron chi connectivity index (χ0n) is 12.6. The van der Waals surface area contributed by atoms with Gasteiger partial charge in [-0.1, -0.05) is 6.07 Å². The number of rotatable bonds is 3. The molecule has 0 aliphatic carbocycles. The third-order valence-corrected chi connectivity index (χ3v) is 3.46. The molecular weight excluding hydrogens is 236 g/mol. The average molecular weight is 262 g/mol. The number of aromatic nitrogens is 1. The molecule has 0 bridgehead atoms. The van der Waals surface area contributed by atoms with E-state index in [1.165, 1.54) is 5.56 Å². The fraction of sp³-hybridized carbons (Fsp3) is 0.667. The second-order valence-corrected chi connectivity index (χ2v) is 6.42. The summed E-state index contributed by atoms with van der Waals surface area (Å²) >= 11 is 0. The fourth-order valence-corrected chi connectivity index (χ4v) is 2.11. The number of hydrogen-bond acceptors (Lipinski definition) is 4. The van der Waals surface area contributed by atoms with Gasteiger partial charge in [-0.15, -0.1) is 0 Å². The monoisotopic (exact) mass is 262 g/mol. The third kappa shape index (κ3) is 4.48. The number of nitrogens with one attached hydrogen (secondary N) is 1. The molecule has 1 N–H and O–H groups in total. The predicted molar refractivity (Wildman–Crippen MR) is 80.5 cm³/mol. The lowest BCUT2D eigenvalue weighted by Crippen LogP contribution is -2.44. The molecule has 1 aromatic heterocycles. The number of anilines is 1. The van der Waals surface area contributed by atoms with Crippen LogP contribution in [0.4, 0.5) is 5.82 Å². The minimum absolute atomic E-state index is 0.149. The van der Waals surface area contributed by atoms with Gasteiger partial charge in [-0.25, -0.2) is 4.98 Å². The molecule has 0 unspecified atom stereocenters. The molecular formula is C15H26N4. The van der Waals surface area contributed by atoms with Crippen LogP contribution in [0.2, 0.25) is 0 Å². The first-order valence-electron chi connectivity index (χ1n) is 7.07. The Morgan fingerprint density at radius 3 is 2.37 bits per heavy atom. The van der Waals surface area contributed by atoms with Crippen molar-refractivity contribution in [1.29, 1.82) is 0 Å². The van der Waals surface area contributed by atoms with E-state index in [-0.39, 0.29) is 5.54 Å². The lowest BCUT2D eigenvalue weighted by atomic mass is 10.1. The van der Waals surface area contributed by atoms with Gasteiger partial charge in [-0.2, -0.15) is 0 Å². The Kier molecular flexibility index (Phi) is 4.42. The quantitative estimate of drug-likeness (QED) is 0.899. The van der Waals surface area contributed by atoms with Crippen molar-refractivity contribution >= 4 is 5.82 Å². The summed E-state index contributed by atoms with van der Waals surface area (Å²) in [6.45, 7) is 11.8. The average Bonchev–Trinajstić information content (AvgIpc) is 2.37. The second-order valence-electron chi connectivity index (χ2n) is 6.42. The van der Waals surface area contributed by atoms with Crippen LogP contribution in [0.25, 0.3) is 0 Å². The predicted octanol–water partition coefficient (Wildman–Crippen LogP) is 1.72. The van der Waals surface area contributed by atoms with Gasteiger partial charge in [-0.3, -0.25) is 0 Å². The Bertz CT molecular complexity index is 386. The Balaban J connectivity index is 1.91. The maximum absolute atomic E-state index is 4.60. The van der Waals surface area contributed by atoms with Gasteiger partial charge in [0.2, 0.25) is 0 Å².